The van der Waals surface area contributed by atoms with Crippen LogP contribution in [0.3, 0.4) is 0 Å². The molecule has 1 aromatic carbocycles. The average Bonchev–Trinajstić information content (AvgIpc) is 3.22. The van der Waals surface area contributed by atoms with Crippen LogP contribution >= 0.6 is 0 Å². The maximum atomic E-state index is 12.1. The van der Waals surface area contributed by atoms with Gasteiger partial charge >= 0.3 is 0 Å². The Kier molecular flexibility index (Phi) is 3.66. The largest absolute Gasteiger partial charge is 0.484 e. The summed E-state index contributed by atoms with van der Waals surface area (Å²) in [4.78, 5) is 14.0. The van der Waals surface area contributed by atoms with Crippen molar-refractivity contribution in [2.45, 2.75) is 44.8 Å². The summed E-state index contributed by atoms with van der Waals surface area (Å²) in [5.41, 5.74) is 2.13. The summed E-state index contributed by atoms with van der Waals surface area (Å²) in [5.74, 6) is 0.786. The van der Waals surface area contributed by atoms with Gasteiger partial charge in [0.05, 0.1) is 6.10 Å². The summed E-state index contributed by atoms with van der Waals surface area (Å²) in [6.07, 6.45) is 3.56. The van der Waals surface area contributed by atoms with Crippen LogP contribution in [-0.4, -0.2) is 35.1 Å². The number of ether oxygens (including phenoxy) is 1. The minimum absolute atomic E-state index is 0.0653. The number of rotatable bonds is 5. The molecule has 3 rings (SSSR count). The van der Waals surface area contributed by atoms with E-state index in [4.69, 9.17) is 4.74 Å². The number of hydrogen-bond donors (Lipinski definition) is 1. The number of amides is 1. The van der Waals surface area contributed by atoms with Crippen LogP contribution in [0, 0.1) is 0 Å². The highest BCUT2D eigenvalue weighted by Gasteiger charge is 2.31. The molecule has 0 aromatic heterocycles. The number of aliphatic hydroxyl groups is 1. The smallest absolute Gasteiger partial charge is 0.260 e. The maximum Gasteiger partial charge on any atom is 0.260 e. The zero-order valence-corrected chi connectivity index (χ0v) is 11.8. The molecule has 1 aromatic rings. The number of aryl methyl sites for hydroxylation is 1. The van der Waals surface area contributed by atoms with Crippen LogP contribution in [0.25, 0.3) is 0 Å². The van der Waals surface area contributed by atoms with Crippen molar-refractivity contribution in [1.82, 2.24) is 4.90 Å². The van der Waals surface area contributed by atoms with Crippen LogP contribution in [0.1, 0.15) is 43.4 Å². The maximum absolute atomic E-state index is 12.1. The number of fused-ring (bicyclic) bond motifs is 1. The Morgan fingerprint density at radius 3 is 2.90 bits per heavy atom. The van der Waals surface area contributed by atoms with Gasteiger partial charge in [-0.3, -0.25) is 4.79 Å². The van der Waals surface area contributed by atoms with Gasteiger partial charge in [0.1, 0.15) is 5.75 Å². The molecule has 108 valence electrons. The lowest BCUT2D eigenvalue weighted by molar-refractivity contribution is -0.133. The number of likely N-dealkylation sites (N-methyl/N-ethyl adjacent to an activating group) is 1. The van der Waals surface area contributed by atoms with E-state index in [9.17, 15) is 9.90 Å². The second-order valence-electron chi connectivity index (χ2n) is 5.61. The van der Waals surface area contributed by atoms with Gasteiger partial charge < -0.3 is 14.7 Å². The number of carbonyl (C=O) groups excluding carboxylic acids is 1. The first-order chi connectivity index (χ1) is 9.69. The fourth-order valence-electron chi connectivity index (χ4n) is 2.91. The van der Waals surface area contributed by atoms with Crippen LogP contribution < -0.4 is 4.74 Å². The Labute approximate surface area is 119 Å². The lowest BCUT2D eigenvalue weighted by Gasteiger charge is -2.20. The van der Waals surface area contributed by atoms with E-state index < -0.39 is 0 Å². The number of nitrogens with zero attached hydrogens (tertiary/aromatic N) is 1. The lowest BCUT2D eigenvalue weighted by atomic mass is 10.1. The van der Waals surface area contributed by atoms with Crippen LogP contribution in [0.5, 0.6) is 5.75 Å². The van der Waals surface area contributed by atoms with Crippen molar-refractivity contribution >= 4 is 5.91 Å². The lowest BCUT2D eigenvalue weighted by Crippen LogP contribution is -2.36. The Bertz CT molecular complexity index is 510. The molecule has 0 unspecified atom stereocenters. The van der Waals surface area contributed by atoms with Gasteiger partial charge in [-0.05, 0) is 55.9 Å². The molecule has 0 radical (unpaired) electrons. The van der Waals surface area contributed by atoms with E-state index in [1.807, 2.05) is 30.0 Å². The number of aliphatic hydroxyl groups excluding tert-OH is 1. The summed E-state index contributed by atoms with van der Waals surface area (Å²) in [7, 11) is 0. The summed E-state index contributed by atoms with van der Waals surface area (Å²) >= 11 is 0. The molecular formula is C16H21NO3. The molecule has 0 heterocycles. The number of carbonyl (C=O) groups is 1. The van der Waals surface area contributed by atoms with E-state index in [0.29, 0.717) is 6.04 Å². The van der Waals surface area contributed by atoms with Crippen LogP contribution in [-0.2, 0) is 11.2 Å². The van der Waals surface area contributed by atoms with Gasteiger partial charge in [-0.15, -0.1) is 0 Å². The second-order valence-corrected chi connectivity index (χ2v) is 5.61. The predicted octanol–water partition coefficient (Wildman–Crippen LogP) is 2.06. The molecule has 4 heteroatoms. The highest BCUT2D eigenvalue weighted by Crippen LogP contribution is 2.33. The number of benzene rings is 1. The third kappa shape index (κ3) is 2.66. The molecule has 0 aliphatic heterocycles. The molecule has 0 bridgehead atoms. The molecular weight excluding hydrogens is 254 g/mol. The molecule has 1 fully saturated rings. The highest BCUT2D eigenvalue weighted by atomic mass is 16.5. The summed E-state index contributed by atoms with van der Waals surface area (Å²) in [6.45, 7) is 2.86. The van der Waals surface area contributed by atoms with Crippen molar-refractivity contribution in [3.8, 4) is 5.75 Å². The van der Waals surface area contributed by atoms with Gasteiger partial charge in [-0.2, -0.15) is 0 Å². The quantitative estimate of drug-likeness (QED) is 0.895. The highest BCUT2D eigenvalue weighted by molar-refractivity contribution is 5.78. The first-order valence-electron chi connectivity index (χ1n) is 7.42. The number of hydrogen-bond acceptors (Lipinski definition) is 3. The monoisotopic (exact) mass is 275 g/mol. The summed E-state index contributed by atoms with van der Waals surface area (Å²) in [5, 5.41) is 9.76. The summed E-state index contributed by atoms with van der Waals surface area (Å²) in [6, 6.07) is 6.14. The third-order valence-electron chi connectivity index (χ3n) is 4.17. The van der Waals surface area contributed by atoms with E-state index in [1.54, 1.807) is 0 Å². The first-order valence-corrected chi connectivity index (χ1v) is 7.42. The Balaban J connectivity index is 1.60. The van der Waals surface area contributed by atoms with Gasteiger partial charge in [0.15, 0.2) is 6.61 Å². The molecule has 1 saturated carbocycles. The minimum atomic E-state index is -0.342. The van der Waals surface area contributed by atoms with Crippen molar-refractivity contribution in [1.29, 1.82) is 0 Å². The minimum Gasteiger partial charge on any atom is -0.484 e. The molecule has 1 N–H and O–H groups in total. The fourth-order valence-corrected chi connectivity index (χ4v) is 2.91. The summed E-state index contributed by atoms with van der Waals surface area (Å²) < 4.78 is 5.62. The zero-order chi connectivity index (χ0) is 14.1. The van der Waals surface area contributed by atoms with Crippen molar-refractivity contribution in [3.63, 3.8) is 0 Å². The normalized spacial score (nSPS) is 20.6. The molecule has 2 aliphatic carbocycles. The van der Waals surface area contributed by atoms with Crippen molar-refractivity contribution in [2.24, 2.45) is 0 Å². The standard InChI is InChI=1S/C16H21NO3/c1-2-17(12-4-5-12)16(19)10-20-13-6-7-14-11(9-13)3-8-15(14)18/h6-7,9,12,15,18H,2-5,8,10H2,1H3/t15-/m0/s1. The molecule has 0 saturated heterocycles. The molecule has 20 heavy (non-hydrogen) atoms. The first kappa shape index (κ1) is 13.4. The van der Waals surface area contributed by atoms with Crippen molar-refractivity contribution < 1.29 is 14.6 Å². The molecule has 0 spiro atoms. The topological polar surface area (TPSA) is 49.8 Å². The van der Waals surface area contributed by atoms with Gasteiger partial charge in [-0.1, -0.05) is 6.07 Å². The Hall–Kier alpha value is -1.55. The van der Waals surface area contributed by atoms with E-state index in [0.717, 1.165) is 49.1 Å². The Morgan fingerprint density at radius 1 is 1.40 bits per heavy atom. The third-order valence-corrected chi connectivity index (χ3v) is 4.17. The van der Waals surface area contributed by atoms with E-state index in [2.05, 4.69) is 0 Å². The predicted molar refractivity (Wildman–Crippen MR) is 75.6 cm³/mol. The Morgan fingerprint density at radius 2 is 2.20 bits per heavy atom. The average molecular weight is 275 g/mol. The second kappa shape index (κ2) is 5.44. The van der Waals surface area contributed by atoms with Crippen LogP contribution in [0.15, 0.2) is 18.2 Å². The van der Waals surface area contributed by atoms with E-state index >= 15 is 0 Å². The van der Waals surface area contributed by atoms with Crippen molar-refractivity contribution in [2.75, 3.05) is 13.2 Å². The van der Waals surface area contributed by atoms with Gasteiger partial charge in [0, 0.05) is 12.6 Å². The molecule has 2 aliphatic rings. The SMILES string of the molecule is CCN(C(=O)COc1ccc2c(c1)CC[C@@H]2O)C1CC1. The van der Waals surface area contributed by atoms with E-state index in [-0.39, 0.29) is 18.6 Å². The van der Waals surface area contributed by atoms with E-state index in [1.165, 1.54) is 0 Å². The molecule has 1 amide bonds. The van der Waals surface area contributed by atoms with Gasteiger partial charge in [0.25, 0.3) is 5.91 Å². The van der Waals surface area contributed by atoms with Gasteiger partial charge in [0.2, 0.25) is 0 Å². The van der Waals surface area contributed by atoms with Crippen LogP contribution in [0.2, 0.25) is 0 Å². The molecule has 1 atom stereocenters. The van der Waals surface area contributed by atoms with Crippen molar-refractivity contribution in [3.05, 3.63) is 29.3 Å². The van der Waals surface area contributed by atoms with Gasteiger partial charge in [-0.25, -0.2) is 0 Å². The van der Waals surface area contributed by atoms with Crippen LogP contribution in [0.4, 0.5) is 0 Å². The molecule has 4 nitrogen and oxygen atoms in total. The fraction of sp³-hybridized carbons (Fsp3) is 0.562. The zero-order valence-electron chi connectivity index (χ0n) is 11.8.